The standard InChI is InChI=1S/C31H32ClN7O3.C2HF3O/c1-19-15-27(38-42-19)30(41)39-13-11-20(12-14-39)6-10-28(40)36-26-9-8-24-17-22(26)7-5-21-3-2-4-23(16-21)35-31-33-18-25(32)29(34-24)37-31;3-2(4,5)1-6/h2-4,8-9,15-18,20H,5-7,10-14H2,1H3,(H,36,40)(H2,33,34,35,37);1H. The second-order valence-electron chi connectivity index (χ2n) is 11.5. The molecule has 48 heavy (non-hydrogen) atoms. The minimum absolute atomic E-state index is 0.0128. The van der Waals surface area contributed by atoms with E-state index < -0.39 is 12.5 Å². The molecule has 2 aliphatic rings. The number of anilines is 5. The smallest absolute Gasteiger partial charge is 0.361 e. The van der Waals surface area contributed by atoms with Crippen LogP contribution in [-0.2, 0) is 22.4 Å². The number of halogens is 4. The van der Waals surface area contributed by atoms with E-state index >= 15 is 0 Å². The first-order valence-electron chi connectivity index (χ1n) is 15.3. The summed E-state index contributed by atoms with van der Waals surface area (Å²) < 4.78 is 36.3. The van der Waals surface area contributed by atoms with E-state index in [0.717, 1.165) is 60.3 Å². The summed E-state index contributed by atoms with van der Waals surface area (Å²) in [6, 6.07) is 15.7. The molecule has 3 N–H and O–H groups in total. The van der Waals surface area contributed by atoms with Crippen molar-refractivity contribution in [3.8, 4) is 0 Å². The molecule has 0 saturated carbocycles. The van der Waals surface area contributed by atoms with E-state index in [2.05, 4.69) is 43.2 Å². The maximum Gasteiger partial charge on any atom is 0.446 e. The number of hydrogen-bond acceptors (Lipinski definition) is 9. The molecule has 0 atom stereocenters. The van der Waals surface area contributed by atoms with E-state index in [0.29, 0.717) is 53.7 Å². The molecule has 252 valence electrons. The fraction of sp³-hybridized carbons (Fsp3) is 0.333. The van der Waals surface area contributed by atoms with E-state index in [1.165, 1.54) is 0 Å². The molecular weight excluding hydrogens is 651 g/mol. The Kier molecular flexibility index (Phi) is 10.9. The summed E-state index contributed by atoms with van der Waals surface area (Å²) in [6.07, 6.45) is 0.332. The lowest BCUT2D eigenvalue weighted by atomic mass is 9.92. The average molecular weight is 684 g/mol. The molecule has 6 bridgehead atoms. The molecule has 0 spiro atoms. The molecule has 0 aliphatic carbocycles. The molecule has 2 aliphatic heterocycles. The first kappa shape index (κ1) is 34.4. The van der Waals surface area contributed by atoms with Gasteiger partial charge in [-0.25, -0.2) is 4.98 Å². The van der Waals surface area contributed by atoms with Crippen LogP contribution in [0.25, 0.3) is 0 Å². The van der Waals surface area contributed by atoms with E-state index in [1.807, 2.05) is 35.2 Å². The number of aldehydes is 1. The van der Waals surface area contributed by atoms with Gasteiger partial charge in [0.15, 0.2) is 11.5 Å². The molecular formula is C33H33ClF3N7O4. The highest BCUT2D eigenvalue weighted by Crippen LogP contribution is 2.30. The SMILES string of the molecule is Cc1cc(C(=O)N2CCC(CCC(=O)Nc3ccc4cc3CCc3cccc(c3)Nc3ncc(Cl)c(n3)N4)CC2)no1.O=CC(F)(F)F. The molecule has 15 heteroatoms. The second-order valence-corrected chi connectivity index (χ2v) is 11.9. The number of rotatable bonds is 5. The maximum atomic E-state index is 13.1. The van der Waals surface area contributed by atoms with Gasteiger partial charge in [-0.05, 0) is 86.4 Å². The van der Waals surface area contributed by atoms with Crippen LogP contribution in [0.15, 0.2) is 59.3 Å². The number of likely N-dealkylation sites (tertiary alicyclic amines) is 1. The minimum atomic E-state index is -4.64. The first-order chi connectivity index (χ1) is 23.0. The fourth-order valence-corrected chi connectivity index (χ4v) is 5.60. The Morgan fingerprint density at radius 2 is 1.83 bits per heavy atom. The van der Waals surface area contributed by atoms with Gasteiger partial charge < -0.3 is 25.4 Å². The van der Waals surface area contributed by atoms with Gasteiger partial charge in [0.25, 0.3) is 5.91 Å². The highest BCUT2D eigenvalue weighted by molar-refractivity contribution is 6.32. The third-order valence-electron chi connectivity index (χ3n) is 7.91. The van der Waals surface area contributed by atoms with E-state index in [-0.39, 0.29) is 11.8 Å². The van der Waals surface area contributed by atoms with E-state index in [1.54, 1.807) is 19.2 Å². The molecule has 2 amide bonds. The van der Waals surface area contributed by atoms with Gasteiger partial charge in [0.2, 0.25) is 18.1 Å². The van der Waals surface area contributed by atoms with Crippen molar-refractivity contribution in [1.82, 2.24) is 20.0 Å². The number of carbonyl (C=O) groups excluding carboxylic acids is 3. The maximum absolute atomic E-state index is 13.1. The van der Waals surface area contributed by atoms with E-state index in [9.17, 15) is 22.8 Å². The molecule has 1 fully saturated rings. The predicted octanol–water partition coefficient (Wildman–Crippen LogP) is 7.03. The van der Waals surface area contributed by atoms with Crippen molar-refractivity contribution in [2.75, 3.05) is 29.0 Å². The first-order valence-corrected chi connectivity index (χ1v) is 15.7. The van der Waals surface area contributed by atoms with Gasteiger partial charge in [0.1, 0.15) is 10.8 Å². The molecule has 0 unspecified atom stereocenters. The third kappa shape index (κ3) is 9.53. The van der Waals surface area contributed by atoms with Crippen LogP contribution in [0.5, 0.6) is 0 Å². The Labute approximate surface area is 279 Å². The van der Waals surface area contributed by atoms with E-state index in [4.69, 9.17) is 20.9 Å². The molecule has 4 heterocycles. The zero-order chi connectivity index (χ0) is 34.3. The lowest BCUT2D eigenvalue weighted by Gasteiger charge is -2.31. The fourth-order valence-electron chi connectivity index (χ4n) is 5.47. The number of carbonyl (C=O) groups is 3. The van der Waals surface area contributed by atoms with Crippen LogP contribution in [-0.4, -0.2) is 57.4 Å². The Morgan fingerprint density at radius 1 is 1.08 bits per heavy atom. The van der Waals surface area contributed by atoms with Gasteiger partial charge in [0, 0.05) is 42.6 Å². The van der Waals surface area contributed by atoms with Crippen LogP contribution >= 0.6 is 11.6 Å². The van der Waals surface area contributed by atoms with Crippen LogP contribution in [0, 0.1) is 12.8 Å². The van der Waals surface area contributed by atoms with Gasteiger partial charge >= 0.3 is 6.18 Å². The summed E-state index contributed by atoms with van der Waals surface area (Å²) in [7, 11) is 0. The Balaban J connectivity index is 0.000000689. The van der Waals surface area contributed by atoms with Crippen LogP contribution in [0.1, 0.15) is 53.1 Å². The number of benzene rings is 2. The molecule has 2 aromatic carbocycles. The Bertz CT molecular complexity index is 1770. The summed E-state index contributed by atoms with van der Waals surface area (Å²) >= 11 is 6.39. The predicted molar refractivity (Wildman–Crippen MR) is 174 cm³/mol. The van der Waals surface area contributed by atoms with Crippen LogP contribution in [0.3, 0.4) is 0 Å². The summed E-state index contributed by atoms with van der Waals surface area (Å²) in [4.78, 5) is 45.1. The summed E-state index contributed by atoms with van der Waals surface area (Å²) in [6.45, 7) is 3.09. The van der Waals surface area contributed by atoms with Gasteiger partial charge in [-0.2, -0.15) is 18.2 Å². The van der Waals surface area contributed by atoms with Crippen LogP contribution in [0.4, 0.5) is 42.0 Å². The van der Waals surface area contributed by atoms with Gasteiger partial charge in [0.05, 0.1) is 6.20 Å². The quantitative estimate of drug-likeness (QED) is 0.189. The number of nitrogens with zero attached hydrogens (tertiary/aromatic N) is 4. The number of fused-ring (bicyclic) bond motifs is 6. The van der Waals surface area contributed by atoms with Crippen molar-refractivity contribution in [1.29, 1.82) is 0 Å². The van der Waals surface area contributed by atoms with Crippen molar-refractivity contribution < 1.29 is 32.1 Å². The number of aromatic nitrogens is 3. The van der Waals surface area contributed by atoms with Gasteiger partial charge in [-0.15, -0.1) is 0 Å². The van der Waals surface area contributed by atoms with Crippen molar-refractivity contribution in [3.05, 3.63) is 82.3 Å². The number of piperidine rings is 1. The summed E-state index contributed by atoms with van der Waals surface area (Å²) in [5, 5.41) is 13.9. The molecule has 2 aromatic heterocycles. The normalized spacial score (nSPS) is 14.5. The highest BCUT2D eigenvalue weighted by atomic mass is 35.5. The number of amides is 2. The van der Waals surface area contributed by atoms with Crippen LogP contribution < -0.4 is 16.0 Å². The van der Waals surface area contributed by atoms with Crippen molar-refractivity contribution >= 4 is 58.5 Å². The zero-order valence-electron chi connectivity index (χ0n) is 25.9. The zero-order valence-corrected chi connectivity index (χ0v) is 26.7. The topological polar surface area (TPSA) is 142 Å². The lowest BCUT2D eigenvalue weighted by Crippen LogP contribution is -2.38. The molecule has 0 radical (unpaired) electrons. The largest absolute Gasteiger partial charge is 0.446 e. The molecule has 4 aromatic rings. The highest BCUT2D eigenvalue weighted by Gasteiger charge is 2.26. The van der Waals surface area contributed by atoms with Gasteiger partial charge in [-0.1, -0.05) is 28.9 Å². The number of hydrogen-bond donors (Lipinski definition) is 3. The minimum Gasteiger partial charge on any atom is -0.361 e. The Hall–Kier alpha value is -4.98. The summed E-state index contributed by atoms with van der Waals surface area (Å²) in [5.74, 6) is 1.85. The van der Waals surface area contributed by atoms with Crippen molar-refractivity contribution in [2.24, 2.45) is 5.92 Å². The number of aryl methyl sites for hydroxylation is 3. The van der Waals surface area contributed by atoms with Gasteiger partial charge in [-0.3, -0.25) is 14.4 Å². The average Bonchev–Trinajstić information content (AvgIpc) is 3.51. The molecule has 6 rings (SSSR count). The third-order valence-corrected chi connectivity index (χ3v) is 8.19. The molecule has 1 saturated heterocycles. The Morgan fingerprint density at radius 3 is 2.54 bits per heavy atom. The lowest BCUT2D eigenvalue weighted by molar-refractivity contribution is -0.156. The van der Waals surface area contributed by atoms with Crippen LogP contribution in [0.2, 0.25) is 5.02 Å². The molecule has 11 nitrogen and oxygen atoms in total. The van der Waals surface area contributed by atoms with Crippen molar-refractivity contribution in [2.45, 2.75) is 51.6 Å². The number of nitrogens with one attached hydrogen (secondary N) is 3. The monoisotopic (exact) mass is 683 g/mol. The second kappa shape index (κ2) is 15.3. The van der Waals surface area contributed by atoms with Crippen molar-refractivity contribution in [3.63, 3.8) is 0 Å². The number of alkyl halides is 3. The summed E-state index contributed by atoms with van der Waals surface area (Å²) in [5.41, 5.74) is 5.04.